The van der Waals surface area contributed by atoms with E-state index in [0.717, 1.165) is 12.8 Å². The van der Waals surface area contributed by atoms with Gasteiger partial charge in [-0.25, -0.2) is 9.97 Å². The van der Waals surface area contributed by atoms with Crippen LogP contribution in [-0.2, 0) is 4.79 Å². The van der Waals surface area contributed by atoms with Gasteiger partial charge < -0.3 is 0 Å². The van der Waals surface area contributed by atoms with Crippen molar-refractivity contribution in [2.45, 2.75) is 25.7 Å². The van der Waals surface area contributed by atoms with Gasteiger partial charge in [-0.05, 0) is 36.4 Å². The van der Waals surface area contributed by atoms with E-state index in [2.05, 4.69) is 16.0 Å². The second-order valence-corrected chi connectivity index (χ2v) is 5.57. The first-order valence-electron chi connectivity index (χ1n) is 6.36. The Morgan fingerprint density at radius 2 is 2.37 bits per heavy atom. The van der Waals surface area contributed by atoms with Crippen LogP contribution in [0.4, 0.5) is 5.82 Å². The molecule has 1 aliphatic carbocycles. The molecule has 1 atom stereocenters. The summed E-state index contributed by atoms with van der Waals surface area (Å²) in [5, 5.41) is 9.54. The van der Waals surface area contributed by atoms with E-state index >= 15 is 0 Å². The summed E-state index contributed by atoms with van der Waals surface area (Å²) in [4.78, 5) is 21.9. The number of anilines is 1. The van der Waals surface area contributed by atoms with Crippen molar-refractivity contribution in [3.63, 3.8) is 0 Å². The van der Waals surface area contributed by atoms with Crippen LogP contribution in [0.2, 0.25) is 5.28 Å². The van der Waals surface area contributed by atoms with Crippen LogP contribution in [0.3, 0.4) is 0 Å². The minimum absolute atomic E-state index is 0.113. The maximum Gasteiger partial charge on any atom is 0.248 e. The molecule has 0 N–H and O–H groups in total. The standard InChI is InChI=1S/C13H13ClN4O/c14-12-16-5-3-10(17-12)18-6-4-13(8-15,11(18)19)7-9-1-2-9/h3,5,9H,1-2,4,6-7H2. The number of carbonyl (C=O) groups is 1. The Morgan fingerprint density at radius 3 is 3.00 bits per heavy atom. The van der Waals surface area contributed by atoms with E-state index in [1.54, 1.807) is 11.0 Å². The molecule has 1 saturated heterocycles. The number of rotatable bonds is 3. The third kappa shape index (κ3) is 2.17. The summed E-state index contributed by atoms with van der Waals surface area (Å²) in [5.74, 6) is 0.882. The smallest absolute Gasteiger partial charge is 0.248 e. The molecule has 5 nitrogen and oxygen atoms in total. The van der Waals surface area contributed by atoms with Crippen LogP contribution >= 0.6 is 11.6 Å². The van der Waals surface area contributed by atoms with Crippen molar-refractivity contribution in [1.82, 2.24) is 9.97 Å². The molecule has 1 aromatic rings. The Kier molecular flexibility index (Phi) is 2.90. The highest BCUT2D eigenvalue weighted by atomic mass is 35.5. The first kappa shape index (κ1) is 12.4. The van der Waals surface area contributed by atoms with E-state index in [1.165, 1.54) is 6.20 Å². The van der Waals surface area contributed by atoms with Crippen LogP contribution in [0.5, 0.6) is 0 Å². The second kappa shape index (κ2) is 4.46. The summed E-state index contributed by atoms with van der Waals surface area (Å²) in [5.41, 5.74) is -0.863. The average molecular weight is 277 g/mol. The molecule has 3 rings (SSSR count). The van der Waals surface area contributed by atoms with Gasteiger partial charge in [-0.3, -0.25) is 9.69 Å². The van der Waals surface area contributed by atoms with Gasteiger partial charge in [0.15, 0.2) is 0 Å². The van der Waals surface area contributed by atoms with Gasteiger partial charge in [-0.2, -0.15) is 5.26 Å². The molecule has 1 amide bonds. The number of nitrogens with zero attached hydrogens (tertiary/aromatic N) is 4. The van der Waals surface area contributed by atoms with Gasteiger partial charge in [0.2, 0.25) is 11.2 Å². The van der Waals surface area contributed by atoms with Crippen LogP contribution in [0, 0.1) is 22.7 Å². The topological polar surface area (TPSA) is 69.9 Å². The minimum Gasteiger partial charge on any atom is -0.295 e. The van der Waals surface area contributed by atoms with Crippen molar-refractivity contribution in [3.8, 4) is 6.07 Å². The van der Waals surface area contributed by atoms with Crippen molar-refractivity contribution in [2.75, 3.05) is 11.4 Å². The molecule has 2 fully saturated rings. The summed E-state index contributed by atoms with van der Waals surface area (Å²) in [6.45, 7) is 0.520. The van der Waals surface area contributed by atoms with E-state index in [1.807, 2.05) is 0 Å². The third-order valence-electron chi connectivity index (χ3n) is 3.85. The van der Waals surface area contributed by atoms with Crippen molar-refractivity contribution >= 4 is 23.3 Å². The molecular weight excluding hydrogens is 264 g/mol. The Morgan fingerprint density at radius 1 is 1.58 bits per heavy atom. The predicted octanol–water partition coefficient (Wildman–Crippen LogP) is 2.18. The maximum atomic E-state index is 12.5. The number of nitriles is 1. The summed E-state index contributed by atoms with van der Waals surface area (Å²) in [6.07, 6.45) is 5.04. The fourth-order valence-electron chi connectivity index (χ4n) is 2.62. The van der Waals surface area contributed by atoms with Gasteiger partial charge in [0.05, 0.1) is 6.07 Å². The van der Waals surface area contributed by atoms with E-state index in [-0.39, 0.29) is 11.2 Å². The van der Waals surface area contributed by atoms with Crippen LogP contribution in [0.25, 0.3) is 0 Å². The lowest BCUT2D eigenvalue weighted by molar-refractivity contribution is -0.123. The number of hydrogen-bond donors (Lipinski definition) is 0. The summed E-state index contributed by atoms with van der Waals surface area (Å²) < 4.78 is 0. The fourth-order valence-corrected chi connectivity index (χ4v) is 2.76. The molecule has 1 aromatic heterocycles. The Hall–Kier alpha value is -1.67. The number of carbonyl (C=O) groups excluding carboxylic acids is 1. The fraction of sp³-hybridized carbons (Fsp3) is 0.538. The van der Waals surface area contributed by atoms with Crippen molar-refractivity contribution in [1.29, 1.82) is 5.26 Å². The van der Waals surface area contributed by atoms with Gasteiger partial charge in [0.25, 0.3) is 0 Å². The molecule has 1 aliphatic heterocycles. The zero-order valence-electron chi connectivity index (χ0n) is 10.3. The molecular formula is C13H13ClN4O. The first-order chi connectivity index (χ1) is 9.14. The highest BCUT2D eigenvalue weighted by Crippen LogP contribution is 2.46. The SMILES string of the molecule is N#CC1(CC2CC2)CCN(c2ccnc(Cl)n2)C1=O. The van der Waals surface area contributed by atoms with Crippen LogP contribution < -0.4 is 4.90 Å². The van der Waals surface area contributed by atoms with Crippen molar-refractivity contribution in [3.05, 3.63) is 17.5 Å². The molecule has 19 heavy (non-hydrogen) atoms. The lowest BCUT2D eigenvalue weighted by Crippen LogP contribution is -2.34. The Labute approximate surface area is 116 Å². The van der Waals surface area contributed by atoms with Crippen molar-refractivity contribution < 1.29 is 4.79 Å². The van der Waals surface area contributed by atoms with Gasteiger partial charge in [0.1, 0.15) is 11.2 Å². The van der Waals surface area contributed by atoms with Gasteiger partial charge in [-0.1, -0.05) is 12.8 Å². The molecule has 2 heterocycles. The highest BCUT2D eigenvalue weighted by molar-refractivity contribution is 6.28. The maximum absolute atomic E-state index is 12.5. The van der Waals surface area contributed by atoms with Gasteiger partial charge >= 0.3 is 0 Å². The number of halogens is 1. The van der Waals surface area contributed by atoms with E-state index in [4.69, 9.17) is 11.6 Å². The molecule has 98 valence electrons. The average Bonchev–Trinajstić information content (AvgIpc) is 3.15. The zero-order chi connectivity index (χ0) is 13.5. The molecule has 0 bridgehead atoms. The van der Waals surface area contributed by atoms with Crippen LogP contribution in [0.15, 0.2) is 12.3 Å². The van der Waals surface area contributed by atoms with Crippen LogP contribution in [0.1, 0.15) is 25.7 Å². The molecule has 0 spiro atoms. The van der Waals surface area contributed by atoms with E-state index in [9.17, 15) is 10.1 Å². The largest absolute Gasteiger partial charge is 0.295 e. The molecule has 1 unspecified atom stereocenters. The van der Waals surface area contributed by atoms with Crippen molar-refractivity contribution in [2.24, 2.45) is 11.3 Å². The lowest BCUT2D eigenvalue weighted by atomic mass is 9.82. The van der Waals surface area contributed by atoms with E-state index < -0.39 is 5.41 Å². The second-order valence-electron chi connectivity index (χ2n) is 5.23. The number of hydrogen-bond acceptors (Lipinski definition) is 4. The molecule has 2 aliphatic rings. The Bertz CT molecular complexity index is 566. The zero-order valence-corrected chi connectivity index (χ0v) is 11.1. The third-order valence-corrected chi connectivity index (χ3v) is 4.03. The first-order valence-corrected chi connectivity index (χ1v) is 6.74. The van der Waals surface area contributed by atoms with E-state index in [0.29, 0.717) is 31.1 Å². The molecule has 0 radical (unpaired) electrons. The molecule has 6 heteroatoms. The van der Waals surface area contributed by atoms with Gasteiger partial charge in [-0.15, -0.1) is 0 Å². The normalized spacial score (nSPS) is 26.5. The predicted molar refractivity (Wildman–Crippen MR) is 69.4 cm³/mol. The highest BCUT2D eigenvalue weighted by Gasteiger charge is 2.50. The monoisotopic (exact) mass is 276 g/mol. The quantitative estimate of drug-likeness (QED) is 0.794. The summed E-state index contributed by atoms with van der Waals surface area (Å²) in [7, 11) is 0. The van der Waals surface area contributed by atoms with Crippen LogP contribution in [-0.4, -0.2) is 22.4 Å². The number of aromatic nitrogens is 2. The van der Waals surface area contributed by atoms with Gasteiger partial charge in [0, 0.05) is 12.7 Å². The summed E-state index contributed by atoms with van der Waals surface area (Å²) in [6, 6.07) is 3.89. The number of amides is 1. The molecule has 0 aromatic carbocycles. The Balaban J connectivity index is 1.86. The lowest BCUT2D eigenvalue weighted by Gasteiger charge is -2.20. The molecule has 1 saturated carbocycles. The minimum atomic E-state index is -0.863. The summed E-state index contributed by atoms with van der Waals surface area (Å²) >= 11 is 5.75.